The van der Waals surface area contributed by atoms with Crippen LogP contribution in [-0.4, -0.2) is 20.0 Å². The van der Waals surface area contributed by atoms with E-state index in [9.17, 15) is 4.79 Å². The summed E-state index contributed by atoms with van der Waals surface area (Å²) in [5, 5.41) is 0. The van der Waals surface area contributed by atoms with Crippen molar-refractivity contribution in [3.05, 3.63) is 29.3 Å². The minimum atomic E-state index is 0.274. The van der Waals surface area contributed by atoms with E-state index in [0.29, 0.717) is 17.9 Å². The molecule has 1 aromatic carbocycles. The summed E-state index contributed by atoms with van der Waals surface area (Å²) in [5.41, 5.74) is 1.91. The Morgan fingerprint density at radius 2 is 1.78 bits per heavy atom. The van der Waals surface area contributed by atoms with Gasteiger partial charge in [-0.05, 0) is 48.6 Å². The number of ether oxygens (including phenoxy) is 2. The quantitative estimate of drug-likeness (QED) is 0.768. The first-order valence-corrected chi connectivity index (χ1v) is 6.20. The van der Waals surface area contributed by atoms with Gasteiger partial charge in [0.1, 0.15) is 0 Å². The fraction of sp³-hybridized carbons (Fsp3) is 0.400. The van der Waals surface area contributed by atoms with Gasteiger partial charge >= 0.3 is 0 Å². The molecule has 0 unspecified atom stereocenters. The van der Waals surface area contributed by atoms with Gasteiger partial charge in [0, 0.05) is 6.42 Å². The third kappa shape index (κ3) is 2.73. The molecule has 3 nitrogen and oxygen atoms in total. The van der Waals surface area contributed by atoms with Crippen LogP contribution in [0.2, 0.25) is 0 Å². The van der Waals surface area contributed by atoms with Gasteiger partial charge in [-0.2, -0.15) is 0 Å². The highest BCUT2D eigenvalue weighted by atomic mass is 16.5. The molecule has 1 aromatic rings. The van der Waals surface area contributed by atoms with Crippen molar-refractivity contribution < 1.29 is 14.3 Å². The molecule has 1 aliphatic rings. The summed E-state index contributed by atoms with van der Waals surface area (Å²) >= 11 is 0. The van der Waals surface area contributed by atoms with Gasteiger partial charge in [0.25, 0.3) is 0 Å². The predicted molar refractivity (Wildman–Crippen MR) is 71.0 cm³/mol. The van der Waals surface area contributed by atoms with Crippen LogP contribution in [0.25, 0.3) is 6.08 Å². The number of allylic oxidation sites excluding steroid dienone is 1. The Morgan fingerprint density at radius 1 is 1.06 bits per heavy atom. The van der Waals surface area contributed by atoms with E-state index in [1.54, 1.807) is 14.2 Å². The minimum Gasteiger partial charge on any atom is -0.493 e. The van der Waals surface area contributed by atoms with Gasteiger partial charge in [-0.25, -0.2) is 0 Å². The number of hydrogen-bond acceptors (Lipinski definition) is 3. The molecule has 0 atom stereocenters. The van der Waals surface area contributed by atoms with Crippen LogP contribution >= 0.6 is 0 Å². The van der Waals surface area contributed by atoms with Crippen LogP contribution in [0.3, 0.4) is 0 Å². The number of rotatable bonds is 3. The lowest BCUT2D eigenvalue weighted by Crippen LogP contribution is -2.07. The summed E-state index contributed by atoms with van der Waals surface area (Å²) in [6, 6.07) is 5.70. The SMILES string of the molecule is COc1ccc(/C=C2\CCCCC2=O)cc1OC. The molecule has 0 heterocycles. The largest absolute Gasteiger partial charge is 0.493 e. The Hall–Kier alpha value is -1.77. The fourth-order valence-corrected chi connectivity index (χ4v) is 2.20. The topological polar surface area (TPSA) is 35.5 Å². The summed E-state index contributed by atoms with van der Waals surface area (Å²) in [5.74, 6) is 1.67. The smallest absolute Gasteiger partial charge is 0.161 e. The normalized spacial score (nSPS) is 17.9. The minimum absolute atomic E-state index is 0.274. The molecule has 3 heteroatoms. The van der Waals surface area contributed by atoms with Crippen molar-refractivity contribution in [3.63, 3.8) is 0 Å². The van der Waals surface area contributed by atoms with Gasteiger partial charge in [-0.1, -0.05) is 6.07 Å². The van der Waals surface area contributed by atoms with Crippen LogP contribution < -0.4 is 9.47 Å². The lowest BCUT2D eigenvalue weighted by Gasteiger charge is -2.13. The first kappa shape index (κ1) is 12.7. The van der Waals surface area contributed by atoms with E-state index >= 15 is 0 Å². The Kier molecular flexibility index (Phi) is 4.03. The molecule has 1 fully saturated rings. The molecule has 0 spiro atoms. The Morgan fingerprint density at radius 3 is 2.44 bits per heavy atom. The maximum Gasteiger partial charge on any atom is 0.161 e. The fourth-order valence-electron chi connectivity index (χ4n) is 2.20. The number of ketones is 1. The number of methoxy groups -OCH3 is 2. The Labute approximate surface area is 107 Å². The molecule has 1 saturated carbocycles. The summed E-state index contributed by atoms with van der Waals surface area (Å²) in [7, 11) is 3.22. The van der Waals surface area contributed by atoms with E-state index in [-0.39, 0.29) is 5.78 Å². The first-order valence-electron chi connectivity index (χ1n) is 6.20. The zero-order valence-corrected chi connectivity index (χ0v) is 10.9. The van der Waals surface area contributed by atoms with Gasteiger partial charge in [0.2, 0.25) is 0 Å². The Bertz CT molecular complexity index is 475. The van der Waals surface area contributed by atoms with Crippen LogP contribution in [0.4, 0.5) is 0 Å². The van der Waals surface area contributed by atoms with Crippen LogP contribution in [0.5, 0.6) is 11.5 Å². The molecule has 0 saturated heterocycles. The van der Waals surface area contributed by atoms with Gasteiger partial charge in [-0.15, -0.1) is 0 Å². The highest BCUT2D eigenvalue weighted by Gasteiger charge is 2.14. The number of carbonyl (C=O) groups excluding carboxylic acids is 1. The number of carbonyl (C=O) groups is 1. The molecule has 1 aliphatic carbocycles. The van der Waals surface area contributed by atoms with Crippen LogP contribution in [0.1, 0.15) is 31.2 Å². The van der Waals surface area contributed by atoms with E-state index in [2.05, 4.69) is 0 Å². The number of Topliss-reactive ketones (excluding diaryl/α,β-unsaturated/α-hetero) is 1. The van der Waals surface area contributed by atoms with Crippen molar-refractivity contribution >= 4 is 11.9 Å². The first-order chi connectivity index (χ1) is 8.74. The van der Waals surface area contributed by atoms with E-state index in [1.165, 1.54) is 0 Å². The molecular formula is C15H18O3. The average Bonchev–Trinajstić information content (AvgIpc) is 2.41. The molecule has 0 radical (unpaired) electrons. The number of hydrogen-bond donors (Lipinski definition) is 0. The van der Waals surface area contributed by atoms with Gasteiger partial charge in [0.05, 0.1) is 14.2 Å². The van der Waals surface area contributed by atoms with Gasteiger partial charge in [-0.3, -0.25) is 4.79 Å². The monoisotopic (exact) mass is 246 g/mol. The molecule has 18 heavy (non-hydrogen) atoms. The molecule has 0 aromatic heterocycles. The highest BCUT2D eigenvalue weighted by Crippen LogP contribution is 2.29. The number of benzene rings is 1. The predicted octanol–water partition coefficient (Wildman–Crippen LogP) is 3.23. The van der Waals surface area contributed by atoms with Gasteiger partial charge in [0.15, 0.2) is 17.3 Å². The van der Waals surface area contributed by atoms with Gasteiger partial charge < -0.3 is 9.47 Å². The maximum atomic E-state index is 11.8. The second-order valence-electron chi connectivity index (χ2n) is 4.41. The second kappa shape index (κ2) is 5.71. The highest BCUT2D eigenvalue weighted by molar-refractivity contribution is 6.00. The second-order valence-corrected chi connectivity index (χ2v) is 4.41. The molecule has 0 N–H and O–H groups in total. The summed E-state index contributed by atoms with van der Waals surface area (Å²) in [6.07, 6.45) is 5.64. The van der Waals surface area contributed by atoms with Crippen LogP contribution in [0, 0.1) is 0 Å². The third-order valence-electron chi connectivity index (χ3n) is 3.21. The summed E-state index contributed by atoms with van der Waals surface area (Å²) in [4.78, 5) is 11.8. The molecule has 0 amide bonds. The zero-order chi connectivity index (χ0) is 13.0. The Balaban J connectivity index is 2.28. The van der Waals surface area contributed by atoms with Crippen molar-refractivity contribution in [3.8, 4) is 11.5 Å². The lowest BCUT2D eigenvalue weighted by molar-refractivity contribution is -0.116. The van der Waals surface area contributed by atoms with E-state index in [0.717, 1.165) is 30.4 Å². The molecule has 2 rings (SSSR count). The average molecular weight is 246 g/mol. The molecular weight excluding hydrogens is 228 g/mol. The molecule has 0 bridgehead atoms. The summed E-state index contributed by atoms with van der Waals surface area (Å²) in [6.45, 7) is 0. The van der Waals surface area contributed by atoms with E-state index in [1.807, 2.05) is 24.3 Å². The van der Waals surface area contributed by atoms with Crippen molar-refractivity contribution in [2.75, 3.05) is 14.2 Å². The van der Waals surface area contributed by atoms with E-state index in [4.69, 9.17) is 9.47 Å². The van der Waals surface area contributed by atoms with Crippen molar-refractivity contribution in [1.82, 2.24) is 0 Å². The van der Waals surface area contributed by atoms with Crippen molar-refractivity contribution in [2.45, 2.75) is 25.7 Å². The standard InChI is InChI=1S/C15H18O3/c1-17-14-8-7-11(10-15(14)18-2)9-12-5-3-4-6-13(12)16/h7-10H,3-6H2,1-2H3/b12-9+. The summed E-state index contributed by atoms with van der Waals surface area (Å²) < 4.78 is 10.4. The zero-order valence-electron chi connectivity index (χ0n) is 10.9. The molecule has 0 aliphatic heterocycles. The maximum absolute atomic E-state index is 11.8. The van der Waals surface area contributed by atoms with Crippen molar-refractivity contribution in [2.24, 2.45) is 0 Å². The molecule has 96 valence electrons. The lowest BCUT2D eigenvalue weighted by atomic mass is 9.92. The van der Waals surface area contributed by atoms with Crippen molar-refractivity contribution in [1.29, 1.82) is 0 Å². The van der Waals surface area contributed by atoms with E-state index < -0.39 is 0 Å². The third-order valence-corrected chi connectivity index (χ3v) is 3.21. The van der Waals surface area contributed by atoms with Crippen LogP contribution in [0.15, 0.2) is 23.8 Å². The van der Waals surface area contributed by atoms with Crippen LogP contribution in [-0.2, 0) is 4.79 Å².